The lowest BCUT2D eigenvalue weighted by Crippen LogP contribution is -2.30. The van der Waals surface area contributed by atoms with Crippen molar-refractivity contribution in [1.29, 1.82) is 0 Å². The number of nitrogens with one attached hydrogen (secondary N) is 1. The molecule has 1 aromatic heterocycles. The van der Waals surface area contributed by atoms with Crippen LogP contribution in [0, 0.1) is 5.41 Å². The van der Waals surface area contributed by atoms with Crippen molar-refractivity contribution in [3.63, 3.8) is 0 Å². The Kier molecular flexibility index (Phi) is 3.85. The van der Waals surface area contributed by atoms with E-state index in [1.807, 2.05) is 25.3 Å². The summed E-state index contributed by atoms with van der Waals surface area (Å²) >= 11 is 1.81. The molecule has 0 bridgehead atoms. The molecule has 4 heteroatoms. The van der Waals surface area contributed by atoms with E-state index in [-0.39, 0.29) is 0 Å². The Morgan fingerprint density at radius 3 is 2.94 bits per heavy atom. The topological polar surface area (TPSA) is 34.1 Å². The summed E-state index contributed by atoms with van der Waals surface area (Å²) in [7, 11) is 2.04. The molecule has 0 aliphatic heterocycles. The van der Waals surface area contributed by atoms with Crippen molar-refractivity contribution in [3.05, 3.63) is 15.6 Å². The van der Waals surface area contributed by atoms with Crippen LogP contribution in [0.15, 0.2) is 0 Å². The molecule has 1 aliphatic carbocycles. The first kappa shape index (κ1) is 13.0. The van der Waals surface area contributed by atoms with Crippen molar-refractivity contribution in [3.8, 4) is 0 Å². The number of ether oxygens (including phenoxy) is 1. The van der Waals surface area contributed by atoms with Gasteiger partial charge in [0.2, 0.25) is 0 Å². The van der Waals surface area contributed by atoms with Gasteiger partial charge in [0.1, 0.15) is 5.01 Å². The molecule has 1 N–H and O–H groups in total. The highest BCUT2D eigenvalue weighted by Crippen LogP contribution is 2.42. The maximum atomic E-state index is 5.45. The van der Waals surface area contributed by atoms with E-state index in [9.17, 15) is 0 Å². The van der Waals surface area contributed by atoms with Crippen LogP contribution in [-0.2, 0) is 17.8 Å². The fourth-order valence-corrected chi connectivity index (χ4v) is 3.60. The van der Waals surface area contributed by atoms with Crippen LogP contribution < -0.4 is 5.32 Å². The summed E-state index contributed by atoms with van der Waals surface area (Å²) in [5.74, 6) is 0. The van der Waals surface area contributed by atoms with Gasteiger partial charge >= 0.3 is 0 Å². The highest BCUT2D eigenvalue weighted by molar-refractivity contribution is 7.11. The van der Waals surface area contributed by atoms with E-state index in [1.54, 1.807) is 0 Å². The second-order valence-corrected chi connectivity index (χ2v) is 6.56. The summed E-state index contributed by atoms with van der Waals surface area (Å²) in [5.41, 5.74) is 1.62. The lowest BCUT2D eigenvalue weighted by molar-refractivity contribution is 0.133. The maximum Gasteiger partial charge on any atom is 0.119 e. The molecule has 0 aromatic carbocycles. The molecule has 1 aliphatic rings. The molecule has 0 fully saturated rings. The van der Waals surface area contributed by atoms with Crippen LogP contribution in [-0.4, -0.2) is 18.6 Å². The second-order valence-electron chi connectivity index (χ2n) is 5.44. The summed E-state index contributed by atoms with van der Waals surface area (Å²) in [6, 6.07) is 0.460. The minimum Gasteiger partial charge on any atom is -0.375 e. The van der Waals surface area contributed by atoms with E-state index >= 15 is 0 Å². The molecule has 96 valence electrons. The van der Waals surface area contributed by atoms with Gasteiger partial charge in [0.15, 0.2) is 0 Å². The van der Waals surface area contributed by atoms with Gasteiger partial charge in [-0.15, -0.1) is 11.3 Å². The molecule has 0 radical (unpaired) electrons. The van der Waals surface area contributed by atoms with E-state index in [1.165, 1.54) is 17.0 Å². The van der Waals surface area contributed by atoms with E-state index in [0.717, 1.165) is 18.0 Å². The van der Waals surface area contributed by atoms with Crippen molar-refractivity contribution in [1.82, 2.24) is 10.3 Å². The lowest BCUT2D eigenvalue weighted by Gasteiger charge is -2.34. The van der Waals surface area contributed by atoms with Gasteiger partial charge in [-0.1, -0.05) is 13.8 Å². The Bertz CT molecular complexity index is 387. The van der Waals surface area contributed by atoms with Crippen LogP contribution in [0.25, 0.3) is 0 Å². The summed E-state index contributed by atoms with van der Waals surface area (Å²) in [6.07, 6.45) is 2.27. The third-order valence-corrected chi connectivity index (χ3v) is 4.45. The van der Waals surface area contributed by atoms with Gasteiger partial charge in [-0.05, 0) is 32.2 Å². The van der Waals surface area contributed by atoms with Gasteiger partial charge in [0.05, 0.1) is 12.3 Å². The van der Waals surface area contributed by atoms with Gasteiger partial charge in [0.25, 0.3) is 0 Å². The molecule has 1 heterocycles. The molecular formula is C13H22N2OS. The molecule has 3 nitrogen and oxygen atoms in total. The van der Waals surface area contributed by atoms with E-state index in [0.29, 0.717) is 18.1 Å². The number of fused-ring (bicyclic) bond motifs is 1. The normalized spacial score (nSPS) is 22.5. The number of rotatable bonds is 4. The molecule has 0 saturated carbocycles. The van der Waals surface area contributed by atoms with Gasteiger partial charge in [-0.2, -0.15) is 0 Å². The Morgan fingerprint density at radius 1 is 1.53 bits per heavy atom. The first-order chi connectivity index (χ1) is 8.05. The van der Waals surface area contributed by atoms with E-state index in [2.05, 4.69) is 19.2 Å². The van der Waals surface area contributed by atoms with Crippen molar-refractivity contribution in [2.45, 2.75) is 46.3 Å². The first-order valence-corrected chi connectivity index (χ1v) is 7.11. The summed E-state index contributed by atoms with van der Waals surface area (Å²) in [4.78, 5) is 6.15. The Balaban J connectivity index is 2.23. The monoisotopic (exact) mass is 254 g/mol. The van der Waals surface area contributed by atoms with Gasteiger partial charge in [-0.3, -0.25) is 0 Å². The molecule has 1 aromatic rings. The fraction of sp³-hybridized carbons (Fsp3) is 0.769. The molecule has 0 saturated heterocycles. The molecule has 1 atom stereocenters. The Labute approximate surface area is 108 Å². The Morgan fingerprint density at radius 2 is 2.29 bits per heavy atom. The molecule has 0 amide bonds. The standard InChI is InChI=1S/C13H22N2OS/c1-5-16-8-11-15-10-7-13(2,3)6-9(14-4)12(10)17-11/h9,14H,5-8H2,1-4H3. The number of thiazole rings is 1. The van der Waals surface area contributed by atoms with Crippen molar-refractivity contribution >= 4 is 11.3 Å². The Hall–Kier alpha value is -0.450. The minimum atomic E-state index is 0.345. The van der Waals surface area contributed by atoms with Gasteiger partial charge < -0.3 is 10.1 Å². The quantitative estimate of drug-likeness (QED) is 0.897. The summed E-state index contributed by atoms with van der Waals surface area (Å²) in [5, 5.41) is 4.53. The predicted octanol–water partition coefficient (Wildman–Crippen LogP) is 2.91. The van der Waals surface area contributed by atoms with Crippen LogP contribution in [0.4, 0.5) is 0 Å². The van der Waals surface area contributed by atoms with Crippen molar-refractivity contribution in [2.75, 3.05) is 13.7 Å². The summed E-state index contributed by atoms with van der Waals surface area (Å²) < 4.78 is 5.45. The summed E-state index contributed by atoms with van der Waals surface area (Å²) in [6.45, 7) is 8.08. The zero-order valence-corrected chi connectivity index (χ0v) is 12.0. The third kappa shape index (κ3) is 2.87. The largest absolute Gasteiger partial charge is 0.375 e. The van der Waals surface area contributed by atoms with Crippen molar-refractivity contribution < 1.29 is 4.74 Å². The maximum absolute atomic E-state index is 5.45. The zero-order valence-electron chi connectivity index (χ0n) is 11.2. The second kappa shape index (κ2) is 5.04. The number of aromatic nitrogens is 1. The smallest absolute Gasteiger partial charge is 0.119 e. The third-order valence-electron chi connectivity index (χ3n) is 3.27. The lowest BCUT2D eigenvalue weighted by atomic mass is 9.76. The molecule has 1 unspecified atom stereocenters. The van der Waals surface area contributed by atoms with Crippen LogP contribution in [0.2, 0.25) is 0 Å². The van der Waals surface area contributed by atoms with Crippen LogP contribution in [0.3, 0.4) is 0 Å². The predicted molar refractivity (Wildman–Crippen MR) is 71.3 cm³/mol. The van der Waals surface area contributed by atoms with Crippen LogP contribution >= 0.6 is 11.3 Å². The number of nitrogens with zero attached hydrogens (tertiary/aromatic N) is 1. The minimum absolute atomic E-state index is 0.345. The number of hydrogen-bond donors (Lipinski definition) is 1. The van der Waals surface area contributed by atoms with E-state index in [4.69, 9.17) is 9.72 Å². The SMILES string of the molecule is CCOCc1nc2c(s1)C(NC)CC(C)(C)C2. The van der Waals surface area contributed by atoms with Crippen LogP contribution in [0.1, 0.15) is 48.8 Å². The van der Waals surface area contributed by atoms with Crippen molar-refractivity contribution in [2.24, 2.45) is 5.41 Å². The highest BCUT2D eigenvalue weighted by atomic mass is 32.1. The average molecular weight is 254 g/mol. The molecule has 0 spiro atoms. The molecule has 17 heavy (non-hydrogen) atoms. The van der Waals surface area contributed by atoms with E-state index < -0.39 is 0 Å². The highest BCUT2D eigenvalue weighted by Gasteiger charge is 2.34. The van der Waals surface area contributed by atoms with Crippen LogP contribution in [0.5, 0.6) is 0 Å². The average Bonchev–Trinajstić information content (AvgIpc) is 2.66. The first-order valence-electron chi connectivity index (χ1n) is 6.29. The van der Waals surface area contributed by atoms with Gasteiger partial charge in [-0.25, -0.2) is 4.98 Å². The zero-order chi connectivity index (χ0) is 12.5. The fourth-order valence-electron chi connectivity index (χ4n) is 2.47. The molecule has 2 rings (SSSR count). The molecular weight excluding hydrogens is 232 g/mol. The number of hydrogen-bond acceptors (Lipinski definition) is 4. The van der Waals surface area contributed by atoms with Gasteiger partial charge in [0, 0.05) is 17.5 Å².